The molecule has 0 radical (unpaired) electrons. The summed E-state index contributed by atoms with van der Waals surface area (Å²) in [6, 6.07) is 0. The molecule has 0 aromatic heterocycles. The van der Waals surface area contributed by atoms with E-state index in [-0.39, 0.29) is 23.7 Å². The number of likely N-dealkylation sites (tertiary alicyclic amines) is 1. The van der Waals surface area contributed by atoms with Gasteiger partial charge in [-0.15, -0.1) is 0 Å². The molecule has 2 aliphatic rings. The number of rotatable bonds is 16. The van der Waals surface area contributed by atoms with Gasteiger partial charge in [0.2, 0.25) is 5.91 Å². The van der Waals surface area contributed by atoms with Crippen LogP contribution in [0.15, 0.2) is 12.2 Å². The van der Waals surface area contributed by atoms with Gasteiger partial charge in [-0.2, -0.15) is 0 Å². The number of carboxylic acid groups (broad SMARTS) is 1. The molecular formula is C29H49NO5. The monoisotopic (exact) mass is 491 g/mol. The number of carboxylic acids is 1. The zero-order valence-corrected chi connectivity index (χ0v) is 22.2. The first kappa shape index (κ1) is 29.5. The first-order chi connectivity index (χ1) is 16.7. The van der Waals surface area contributed by atoms with Gasteiger partial charge < -0.3 is 15.1 Å². The van der Waals surface area contributed by atoms with Crippen LogP contribution in [0.3, 0.4) is 0 Å². The van der Waals surface area contributed by atoms with Crippen LogP contribution in [-0.4, -0.2) is 52.0 Å². The van der Waals surface area contributed by atoms with E-state index in [0.717, 1.165) is 83.7 Å². The van der Waals surface area contributed by atoms with E-state index in [0.29, 0.717) is 31.0 Å². The van der Waals surface area contributed by atoms with E-state index in [4.69, 9.17) is 5.11 Å². The largest absolute Gasteiger partial charge is 0.481 e. The fourth-order valence-corrected chi connectivity index (χ4v) is 5.53. The molecule has 2 rings (SSSR count). The third-order valence-corrected chi connectivity index (χ3v) is 8.07. The van der Waals surface area contributed by atoms with E-state index in [9.17, 15) is 19.5 Å². The number of hydrogen-bond acceptors (Lipinski definition) is 4. The minimum atomic E-state index is -0.745. The van der Waals surface area contributed by atoms with Crippen molar-refractivity contribution in [2.75, 3.05) is 13.1 Å². The maximum Gasteiger partial charge on any atom is 0.303 e. The van der Waals surface area contributed by atoms with E-state index < -0.39 is 12.1 Å². The number of ketones is 1. The highest BCUT2D eigenvalue weighted by molar-refractivity contribution is 5.83. The second-order valence-electron chi connectivity index (χ2n) is 11.4. The molecule has 1 aliphatic heterocycles. The summed E-state index contributed by atoms with van der Waals surface area (Å²) in [5.41, 5.74) is -0.240. The molecule has 1 aliphatic carbocycles. The van der Waals surface area contributed by atoms with Crippen molar-refractivity contribution in [1.29, 1.82) is 0 Å². The third-order valence-electron chi connectivity index (χ3n) is 8.07. The van der Waals surface area contributed by atoms with Crippen LogP contribution in [0.4, 0.5) is 0 Å². The number of amides is 1. The molecule has 1 amide bonds. The van der Waals surface area contributed by atoms with Crippen molar-refractivity contribution in [3.8, 4) is 0 Å². The zero-order valence-electron chi connectivity index (χ0n) is 22.2. The summed E-state index contributed by atoms with van der Waals surface area (Å²) in [7, 11) is 0. The summed E-state index contributed by atoms with van der Waals surface area (Å²) >= 11 is 0. The molecule has 1 heterocycles. The average molecular weight is 492 g/mol. The van der Waals surface area contributed by atoms with Gasteiger partial charge in [-0.3, -0.25) is 14.4 Å². The van der Waals surface area contributed by atoms with Gasteiger partial charge in [0.1, 0.15) is 5.78 Å². The highest BCUT2D eigenvalue weighted by atomic mass is 16.4. The first-order valence-electron chi connectivity index (χ1n) is 14.1. The summed E-state index contributed by atoms with van der Waals surface area (Å²) < 4.78 is 0. The van der Waals surface area contributed by atoms with Crippen LogP contribution >= 0.6 is 0 Å². The first-order valence-corrected chi connectivity index (χ1v) is 14.1. The van der Waals surface area contributed by atoms with Crippen LogP contribution < -0.4 is 0 Å². The molecule has 0 aromatic carbocycles. The van der Waals surface area contributed by atoms with Gasteiger partial charge in [0.15, 0.2) is 0 Å². The van der Waals surface area contributed by atoms with Crippen LogP contribution in [0.5, 0.6) is 0 Å². The maximum absolute atomic E-state index is 12.4. The van der Waals surface area contributed by atoms with Crippen LogP contribution in [0, 0.1) is 17.3 Å². The standard InChI is InChI=1S/C29H49NO5/c1-29(2,20-10-5-8-14-27(33)30-21-11-6-12-22-30)26(32)19-17-23-16-18-25(31)24(23)13-7-3-4-9-15-28(34)35/h17,19,23-24,26,32H,3-16,18,20-22H2,1-2H3,(H,34,35). The second kappa shape index (κ2) is 15.4. The van der Waals surface area contributed by atoms with Crippen molar-refractivity contribution in [2.45, 2.75) is 123 Å². The minimum Gasteiger partial charge on any atom is -0.481 e. The summed E-state index contributed by atoms with van der Waals surface area (Å²) in [6.45, 7) is 6.03. The predicted octanol–water partition coefficient (Wildman–Crippen LogP) is 5.91. The van der Waals surface area contributed by atoms with Gasteiger partial charge in [0, 0.05) is 38.3 Å². The maximum atomic E-state index is 12.4. The summed E-state index contributed by atoms with van der Waals surface area (Å²) in [5, 5.41) is 19.6. The van der Waals surface area contributed by atoms with E-state index in [1.807, 2.05) is 11.0 Å². The lowest BCUT2D eigenvalue weighted by molar-refractivity contribution is -0.137. The average Bonchev–Trinajstić information content (AvgIpc) is 3.18. The van der Waals surface area contributed by atoms with Crippen molar-refractivity contribution >= 4 is 17.7 Å². The van der Waals surface area contributed by atoms with Gasteiger partial charge >= 0.3 is 5.97 Å². The number of Topliss-reactive ketones (excluding diaryl/α,β-unsaturated/α-hetero) is 1. The number of hydrogen-bond donors (Lipinski definition) is 2. The molecular weight excluding hydrogens is 442 g/mol. The van der Waals surface area contributed by atoms with Gasteiger partial charge in [0.25, 0.3) is 0 Å². The lowest BCUT2D eigenvalue weighted by Gasteiger charge is -2.29. The molecule has 0 bridgehead atoms. The topological polar surface area (TPSA) is 94.9 Å². The number of carbonyl (C=O) groups is 3. The van der Waals surface area contributed by atoms with E-state index in [2.05, 4.69) is 19.9 Å². The molecule has 6 heteroatoms. The highest BCUT2D eigenvalue weighted by Gasteiger charge is 2.33. The molecule has 2 fully saturated rings. The fourth-order valence-electron chi connectivity index (χ4n) is 5.53. The molecule has 3 unspecified atom stereocenters. The molecule has 3 atom stereocenters. The number of aliphatic carboxylic acids is 1. The van der Waals surface area contributed by atoms with Crippen molar-refractivity contribution in [2.24, 2.45) is 17.3 Å². The van der Waals surface area contributed by atoms with Gasteiger partial charge in [-0.25, -0.2) is 0 Å². The normalized spacial score (nSPS) is 22.1. The van der Waals surface area contributed by atoms with E-state index in [1.165, 1.54) is 6.42 Å². The Bertz CT molecular complexity index is 695. The molecule has 2 N–H and O–H groups in total. The molecule has 1 saturated carbocycles. The SMILES string of the molecule is CC(C)(CCCCCC(=O)N1CCCCC1)C(O)C=CC1CCC(=O)C1CCCCCCC(=O)O. The Morgan fingerprint density at radius 3 is 2.37 bits per heavy atom. The predicted molar refractivity (Wildman–Crippen MR) is 139 cm³/mol. The van der Waals surface area contributed by atoms with Gasteiger partial charge in [-0.1, -0.05) is 58.1 Å². The molecule has 0 spiro atoms. The summed E-state index contributed by atoms with van der Waals surface area (Å²) in [5.74, 6) is 0.128. The molecule has 35 heavy (non-hydrogen) atoms. The number of carbonyl (C=O) groups excluding carboxylic acids is 2. The molecule has 200 valence electrons. The van der Waals surface area contributed by atoms with Crippen LogP contribution in [0.2, 0.25) is 0 Å². The van der Waals surface area contributed by atoms with Crippen LogP contribution in [0.1, 0.15) is 117 Å². The van der Waals surface area contributed by atoms with E-state index in [1.54, 1.807) is 0 Å². The number of nitrogens with zero attached hydrogens (tertiary/aromatic N) is 1. The Labute approximate surface area is 212 Å². The quantitative estimate of drug-likeness (QED) is 0.207. The summed E-state index contributed by atoms with van der Waals surface area (Å²) in [6.07, 6.45) is 17.5. The van der Waals surface area contributed by atoms with Crippen molar-refractivity contribution in [3.63, 3.8) is 0 Å². The Kier molecular flexibility index (Phi) is 13.0. The van der Waals surface area contributed by atoms with Crippen molar-refractivity contribution < 1.29 is 24.6 Å². The smallest absolute Gasteiger partial charge is 0.303 e. The lowest BCUT2D eigenvalue weighted by atomic mass is 9.80. The highest BCUT2D eigenvalue weighted by Crippen LogP contribution is 2.35. The Morgan fingerprint density at radius 2 is 1.66 bits per heavy atom. The number of piperidine rings is 1. The number of aliphatic hydroxyl groups excluding tert-OH is 1. The number of unbranched alkanes of at least 4 members (excludes halogenated alkanes) is 5. The molecule has 1 saturated heterocycles. The molecule has 6 nitrogen and oxygen atoms in total. The van der Waals surface area contributed by atoms with Crippen molar-refractivity contribution in [3.05, 3.63) is 12.2 Å². The van der Waals surface area contributed by atoms with Crippen molar-refractivity contribution in [1.82, 2.24) is 4.90 Å². The third kappa shape index (κ3) is 10.8. The fraction of sp³-hybridized carbons (Fsp3) is 0.828. The Morgan fingerprint density at radius 1 is 1.00 bits per heavy atom. The van der Waals surface area contributed by atoms with Gasteiger partial charge in [-0.05, 0) is 62.7 Å². The molecule has 0 aromatic rings. The second-order valence-corrected chi connectivity index (χ2v) is 11.4. The Balaban J connectivity index is 1.67. The van der Waals surface area contributed by atoms with Crippen LogP contribution in [0.25, 0.3) is 0 Å². The minimum absolute atomic E-state index is 0.0403. The lowest BCUT2D eigenvalue weighted by Crippen LogP contribution is -2.35. The Hall–Kier alpha value is -1.69. The summed E-state index contributed by atoms with van der Waals surface area (Å²) in [4.78, 5) is 37.3. The zero-order chi connectivity index (χ0) is 25.7. The number of allylic oxidation sites excluding steroid dienone is 1. The van der Waals surface area contributed by atoms with Gasteiger partial charge in [0.05, 0.1) is 6.10 Å². The van der Waals surface area contributed by atoms with E-state index >= 15 is 0 Å². The van der Waals surface area contributed by atoms with Crippen LogP contribution in [-0.2, 0) is 14.4 Å². The number of aliphatic hydroxyl groups is 1.